The van der Waals surface area contributed by atoms with Gasteiger partial charge in [-0.05, 0) is 0 Å². The Bertz CT molecular complexity index is 92.9. The van der Waals surface area contributed by atoms with Crippen molar-refractivity contribution >= 4 is 6.03 Å². The molecule has 1 saturated heterocycles. The van der Waals surface area contributed by atoms with Crippen LogP contribution in [0.2, 0.25) is 0 Å². The number of nitrogens with one attached hydrogen (secondary N) is 3. The fourth-order valence-corrected chi connectivity index (χ4v) is 0.355. The van der Waals surface area contributed by atoms with Gasteiger partial charge in [-0.1, -0.05) is 0 Å². The number of hydrazine groups is 1. The summed E-state index contributed by atoms with van der Waals surface area (Å²) in [6.45, 7) is 0.124. The van der Waals surface area contributed by atoms with Crippen LogP contribution in [0.4, 0.5) is 4.79 Å². The minimum Gasteiger partial charge on any atom is -0.624 e. The van der Waals surface area contributed by atoms with Crippen LogP contribution in [-0.2, 0) is 0 Å². The summed E-state index contributed by atoms with van der Waals surface area (Å²) >= 11 is 0. The molecule has 0 bridgehead atoms. The van der Waals surface area contributed by atoms with Crippen LogP contribution in [0.5, 0.6) is 0 Å². The molecule has 0 saturated carbocycles. The van der Waals surface area contributed by atoms with E-state index in [1.54, 1.807) is 0 Å². The molecule has 1 unspecified atom stereocenters. The summed E-state index contributed by atoms with van der Waals surface area (Å²) in [6, 6.07) is -0.542. The number of hydroxylamine groups is 2. The van der Waals surface area contributed by atoms with Crippen molar-refractivity contribution in [3.8, 4) is 0 Å². The number of carbonyl (C=O) groups is 1. The smallest absolute Gasteiger partial charge is 0.430 e. The van der Waals surface area contributed by atoms with E-state index in [0.29, 0.717) is 0 Å². The van der Waals surface area contributed by atoms with Gasteiger partial charge in [0.15, 0.2) is 6.67 Å². The molecule has 2 amide bonds. The molecule has 3 N–H and O–H groups in total. The highest BCUT2D eigenvalue weighted by Gasteiger charge is 2.15. The first kappa shape index (κ1) is 4.51. The zero-order chi connectivity index (χ0) is 5.28. The minimum absolute atomic E-state index is 0.124. The van der Waals surface area contributed by atoms with Crippen LogP contribution in [-0.4, -0.2) is 12.7 Å². The van der Waals surface area contributed by atoms with Crippen LogP contribution in [0, 0.1) is 5.21 Å². The highest BCUT2D eigenvalue weighted by Crippen LogP contribution is 1.54. The second kappa shape index (κ2) is 1.45. The number of amides is 2. The molecule has 0 aromatic rings. The quantitative estimate of drug-likeness (QED) is 0.298. The average molecular weight is 103 g/mol. The van der Waals surface area contributed by atoms with E-state index in [9.17, 15) is 10.0 Å². The molecule has 1 heterocycles. The Morgan fingerprint density at radius 1 is 1.86 bits per heavy atom. The van der Waals surface area contributed by atoms with Gasteiger partial charge in [-0.2, -0.15) is 5.43 Å². The van der Waals surface area contributed by atoms with Crippen molar-refractivity contribution in [2.45, 2.75) is 0 Å². The molecule has 5 nitrogen and oxygen atoms in total. The number of hydrogen-bond donors (Lipinski definition) is 3. The van der Waals surface area contributed by atoms with Crippen molar-refractivity contribution in [2.75, 3.05) is 6.67 Å². The molecule has 1 aliphatic heterocycles. The molecule has 40 valence electrons. The number of carbonyl (C=O) groups excluding carboxylic acids is 1. The number of rotatable bonds is 0. The van der Waals surface area contributed by atoms with Gasteiger partial charge in [0.1, 0.15) is 0 Å². The Balaban J connectivity index is 2.48. The van der Waals surface area contributed by atoms with E-state index in [-0.39, 0.29) is 6.67 Å². The maximum atomic E-state index is 10.1. The summed E-state index contributed by atoms with van der Waals surface area (Å²) < 4.78 is 0. The molecule has 0 aliphatic carbocycles. The Labute approximate surface area is 39.8 Å². The average Bonchev–Trinajstić information content (AvgIpc) is 1.91. The van der Waals surface area contributed by atoms with Gasteiger partial charge >= 0.3 is 6.03 Å². The van der Waals surface area contributed by atoms with E-state index in [4.69, 9.17) is 0 Å². The van der Waals surface area contributed by atoms with Crippen molar-refractivity contribution in [3.05, 3.63) is 5.21 Å². The molecular weight excluding hydrogens is 98.0 g/mol. The molecule has 0 aromatic heterocycles. The Morgan fingerprint density at radius 2 is 2.57 bits per heavy atom. The summed E-state index contributed by atoms with van der Waals surface area (Å²) in [5.74, 6) is 0. The molecular formula is C2H5N3O2. The normalized spacial score (nSPS) is 30.4. The predicted octanol–water partition coefficient (Wildman–Crippen LogP) is -2.45. The monoisotopic (exact) mass is 103 g/mol. The molecule has 0 aromatic carbocycles. The van der Waals surface area contributed by atoms with Gasteiger partial charge in [-0.25, -0.2) is 10.2 Å². The second-order valence-electron chi connectivity index (χ2n) is 1.23. The van der Waals surface area contributed by atoms with E-state index in [1.165, 1.54) is 0 Å². The second-order valence-corrected chi connectivity index (χ2v) is 1.23. The van der Waals surface area contributed by atoms with Gasteiger partial charge in [-0.3, -0.25) is 5.06 Å². The standard InChI is InChI=1S/C2H5N3O2/c6-2-4-3-1-5(2)7/h3,5H,1H2,(H,4,6). The first-order chi connectivity index (χ1) is 3.30. The highest BCUT2D eigenvalue weighted by molar-refractivity contribution is 5.64. The molecule has 5 heteroatoms. The molecule has 1 fully saturated rings. The summed E-state index contributed by atoms with van der Waals surface area (Å²) in [6.07, 6.45) is 0. The van der Waals surface area contributed by atoms with Crippen molar-refractivity contribution < 1.29 is 9.86 Å². The zero-order valence-electron chi connectivity index (χ0n) is 3.52. The summed E-state index contributed by atoms with van der Waals surface area (Å²) in [5.41, 5.74) is 4.50. The lowest BCUT2D eigenvalue weighted by molar-refractivity contribution is -0.749. The number of urea groups is 1. The number of quaternary nitrogens is 1. The number of hydrogen-bond acceptors (Lipinski definition) is 3. The highest BCUT2D eigenvalue weighted by atomic mass is 16.5. The molecule has 0 spiro atoms. The molecule has 0 radical (unpaired) electrons. The SMILES string of the molecule is O=C1NNC[NH+]1[O-]. The van der Waals surface area contributed by atoms with Crippen molar-refractivity contribution in [1.82, 2.24) is 10.9 Å². The maximum Gasteiger partial charge on any atom is 0.430 e. The fourth-order valence-electron chi connectivity index (χ4n) is 0.355. The third-order valence-corrected chi connectivity index (χ3v) is 0.704. The van der Waals surface area contributed by atoms with Crippen LogP contribution in [0.25, 0.3) is 0 Å². The summed E-state index contributed by atoms with van der Waals surface area (Å²) in [5, 5.41) is 9.70. The van der Waals surface area contributed by atoms with Gasteiger partial charge in [0.2, 0.25) is 0 Å². The predicted molar refractivity (Wildman–Crippen MR) is 20.9 cm³/mol. The lowest BCUT2D eigenvalue weighted by Gasteiger charge is -2.05. The van der Waals surface area contributed by atoms with Crippen LogP contribution in [0.1, 0.15) is 0 Å². The maximum absolute atomic E-state index is 10.1. The van der Waals surface area contributed by atoms with E-state index in [0.717, 1.165) is 0 Å². The molecule has 1 atom stereocenters. The fraction of sp³-hybridized carbons (Fsp3) is 0.500. The van der Waals surface area contributed by atoms with E-state index in [1.807, 2.05) is 0 Å². The van der Waals surface area contributed by atoms with Gasteiger partial charge in [0, 0.05) is 0 Å². The van der Waals surface area contributed by atoms with Crippen molar-refractivity contribution in [2.24, 2.45) is 0 Å². The molecule has 7 heavy (non-hydrogen) atoms. The van der Waals surface area contributed by atoms with E-state index in [2.05, 4.69) is 10.9 Å². The summed E-state index contributed by atoms with van der Waals surface area (Å²) in [4.78, 5) is 10.1. The van der Waals surface area contributed by atoms with E-state index < -0.39 is 11.1 Å². The molecule has 1 rings (SSSR count). The van der Waals surface area contributed by atoms with Crippen molar-refractivity contribution in [1.29, 1.82) is 0 Å². The van der Waals surface area contributed by atoms with Crippen LogP contribution in [0.15, 0.2) is 0 Å². The first-order valence-electron chi connectivity index (χ1n) is 1.87. The Hall–Kier alpha value is -0.650. The largest absolute Gasteiger partial charge is 0.624 e. The van der Waals surface area contributed by atoms with Crippen LogP contribution < -0.4 is 15.9 Å². The zero-order valence-corrected chi connectivity index (χ0v) is 3.52. The lowest BCUT2D eigenvalue weighted by atomic mass is 11.0. The lowest BCUT2D eigenvalue weighted by Crippen LogP contribution is -3.08. The summed E-state index contributed by atoms with van der Waals surface area (Å²) in [7, 11) is 0. The third kappa shape index (κ3) is 0.687. The first-order valence-corrected chi connectivity index (χ1v) is 1.87. The van der Waals surface area contributed by atoms with Gasteiger partial charge in [-0.15, -0.1) is 0 Å². The Morgan fingerprint density at radius 3 is 2.71 bits per heavy atom. The van der Waals surface area contributed by atoms with Gasteiger partial charge in [0.25, 0.3) is 0 Å². The van der Waals surface area contributed by atoms with Crippen molar-refractivity contribution in [3.63, 3.8) is 0 Å². The third-order valence-electron chi connectivity index (χ3n) is 0.704. The van der Waals surface area contributed by atoms with Gasteiger partial charge in [0.05, 0.1) is 0 Å². The Kier molecular flexibility index (Phi) is 0.935. The minimum atomic E-state index is -0.542. The van der Waals surface area contributed by atoms with Crippen LogP contribution >= 0.6 is 0 Å². The topological polar surface area (TPSA) is 68.6 Å². The molecule has 1 aliphatic rings. The van der Waals surface area contributed by atoms with Gasteiger partial charge < -0.3 is 5.21 Å². The van der Waals surface area contributed by atoms with Crippen LogP contribution in [0.3, 0.4) is 0 Å². The van der Waals surface area contributed by atoms with E-state index >= 15 is 0 Å².